The molecule has 0 aliphatic rings. The Balaban J connectivity index is 2.48. The van der Waals surface area contributed by atoms with Gasteiger partial charge in [0.2, 0.25) is 0 Å². The molecule has 3 N–H and O–H groups in total. The van der Waals surface area contributed by atoms with Crippen LogP contribution >= 0.6 is 0 Å². The van der Waals surface area contributed by atoms with Gasteiger partial charge in [0.1, 0.15) is 0 Å². The number of carbonyl (C=O) groups is 2. The minimum absolute atomic E-state index is 0.0343. The van der Waals surface area contributed by atoms with Crippen LogP contribution in [0.15, 0.2) is 30.3 Å². The molecular weight excluding hydrogens is 260 g/mol. The first-order valence-corrected chi connectivity index (χ1v) is 6.36. The molecule has 0 aliphatic carbocycles. The molecule has 20 heavy (non-hydrogen) atoms. The molecule has 2 atom stereocenters. The normalized spacial score (nSPS) is 13.3. The lowest BCUT2D eigenvalue weighted by atomic mass is 9.99. The van der Waals surface area contributed by atoms with E-state index in [0.29, 0.717) is 12.1 Å². The third-order valence-corrected chi connectivity index (χ3v) is 2.92. The number of amides is 2. The molecule has 0 spiro atoms. The van der Waals surface area contributed by atoms with Crippen LogP contribution in [0, 0.1) is 0 Å². The number of benzene rings is 1. The minimum Gasteiger partial charge on any atom is -0.481 e. The largest absolute Gasteiger partial charge is 0.481 e. The van der Waals surface area contributed by atoms with E-state index in [1.54, 1.807) is 31.4 Å². The maximum atomic E-state index is 11.6. The Morgan fingerprint density at radius 1 is 1.20 bits per heavy atom. The SMILES string of the molecule is COC(C)CNC(=O)NCC(C(=O)O)c1ccccc1. The van der Waals surface area contributed by atoms with E-state index in [1.807, 2.05) is 13.0 Å². The van der Waals surface area contributed by atoms with Crippen LogP contribution in [-0.4, -0.2) is 43.4 Å². The van der Waals surface area contributed by atoms with Gasteiger partial charge in [0, 0.05) is 20.2 Å². The quantitative estimate of drug-likeness (QED) is 0.700. The summed E-state index contributed by atoms with van der Waals surface area (Å²) in [4.78, 5) is 22.8. The highest BCUT2D eigenvalue weighted by atomic mass is 16.5. The van der Waals surface area contributed by atoms with Crippen LogP contribution in [0.25, 0.3) is 0 Å². The highest BCUT2D eigenvalue weighted by Crippen LogP contribution is 2.14. The second-order valence-corrected chi connectivity index (χ2v) is 4.44. The molecular formula is C14H20N2O4. The van der Waals surface area contributed by atoms with Gasteiger partial charge in [0.05, 0.1) is 12.0 Å². The second kappa shape index (κ2) is 8.16. The molecule has 6 nitrogen and oxygen atoms in total. The Hall–Kier alpha value is -2.08. The van der Waals surface area contributed by atoms with Crippen molar-refractivity contribution in [2.45, 2.75) is 18.9 Å². The van der Waals surface area contributed by atoms with Crippen LogP contribution in [0.5, 0.6) is 0 Å². The van der Waals surface area contributed by atoms with Crippen molar-refractivity contribution in [3.8, 4) is 0 Å². The molecule has 1 aromatic rings. The summed E-state index contributed by atoms with van der Waals surface area (Å²) in [6.07, 6.45) is -0.0925. The van der Waals surface area contributed by atoms with Crippen LogP contribution in [0.1, 0.15) is 18.4 Å². The Morgan fingerprint density at radius 3 is 2.35 bits per heavy atom. The minimum atomic E-state index is -0.971. The zero-order chi connectivity index (χ0) is 15.0. The van der Waals surface area contributed by atoms with Gasteiger partial charge < -0.3 is 20.5 Å². The van der Waals surface area contributed by atoms with E-state index in [-0.39, 0.29) is 12.6 Å². The van der Waals surface area contributed by atoms with E-state index in [0.717, 1.165) is 0 Å². The van der Waals surface area contributed by atoms with Crippen LogP contribution in [-0.2, 0) is 9.53 Å². The number of aliphatic carboxylic acids is 1. The standard InChI is InChI=1S/C14H20N2O4/c1-10(20-2)8-15-14(19)16-9-12(13(17)18)11-6-4-3-5-7-11/h3-7,10,12H,8-9H2,1-2H3,(H,17,18)(H2,15,16,19). The molecule has 0 saturated heterocycles. The Kier molecular flexibility index (Phi) is 6.52. The number of carboxylic acids is 1. The van der Waals surface area contributed by atoms with E-state index in [2.05, 4.69) is 10.6 Å². The highest BCUT2D eigenvalue weighted by Gasteiger charge is 2.20. The number of rotatable bonds is 7. The average molecular weight is 280 g/mol. The molecule has 0 bridgehead atoms. The lowest BCUT2D eigenvalue weighted by Gasteiger charge is -2.15. The van der Waals surface area contributed by atoms with Gasteiger partial charge in [0.25, 0.3) is 0 Å². The van der Waals surface area contributed by atoms with Gasteiger partial charge in [-0.25, -0.2) is 4.79 Å². The van der Waals surface area contributed by atoms with Crippen LogP contribution < -0.4 is 10.6 Å². The van der Waals surface area contributed by atoms with Gasteiger partial charge in [-0.3, -0.25) is 4.79 Å². The summed E-state index contributed by atoms with van der Waals surface area (Å²) in [5, 5.41) is 14.4. The highest BCUT2D eigenvalue weighted by molar-refractivity contribution is 5.79. The first kappa shape index (κ1) is 16.0. The third-order valence-electron chi connectivity index (χ3n) is 2.92. The van der Waals surface area contributed by atoms with Crippen molar-refractivity contribution in [3.63, 3.8) is 0 Å². The smallest absolute Gasteiger partial charge is 0.314 e. The fourth-order valence-corrected chi connectivity index (χ4v) is 1.61. The Labute approximate surface area is 118 Å². The molecule has 6 heteroatoms. The van der Waals surface area contributed by atoms with Crippen LogP contribution in [0.3, 0.4) is 0 Å². The lowest BCUT2D eigenvalue weighted by molar-refractivity contribution is -0.138. The number of hydrogen-bond acceptors (Lipinski definition) is 3. The molecule has 2 amide bonds. The molecule has 110 valence electrons. The Morgan fingerprint density at radius 2 is 1.80 bits per heavy atom. The average Bonchev–Trinajstić information content (AvgIpc) is 2.45. The van der Waals surface area contributed by atoms with Crippen molar-refractivity contribution in [2.75, 3.05) is 20.2 Å². The van der Waals surface area contributed by atoms with Gasteiger partial charge in [-0.2, -0.15) is 0 Å². The summed E-state index contributed by atoms with van der Waals surface area (Å²) in [6.45, 7) is 2.22. The van der Waals surface area contributed by atoms with Crippen molar-refractivity contribution < 1.29 is 19.4 Å². The molecule has 2 unspecified atom stereocenters. The van der Waals surface area contributed by atoms with E-state index in [9.17, 15) is 14.7 Å². The molecule has 1 rings (SSSR count). The summed E-state index contributed by atoms with van der Waals surface area (Å²) in [7, 11) is 1.56. The zero-order valence-corrected chi connectivity index (χ0v) is 11.6. The number of carboxylic acid groups (broad SMARTS) is 1. The van der Waals surface area contributed by atoms with E-state index >= 15 is 0 Å². The summed E-state index contributed by atoms with van der Waals surface area (Å²) < 4.78 is 5.00. The Bertz CT molecular complexity index is 436. The van der Waals surface area contributed by atoms with Crippen molar-refractivity contribution in [1.82, 2.24) is 10.6 Å². The molecule has 0 radical (unpaired) electrons. The van der Waals surface area contributed by atoms with E-state index in [1.165, 1.54) is 0 Å². The molecule has 0 heterocycles. The topological polar surface area (TPSA) is 87.7 Å². The van der Waals surface area contributed by atoms with E-state index < -0.39 is 17.9 Å². The number of hydrogen-bond donors (Lipinski definition) is 3. The second-order valence-electron chi connectivity index (χ2n) is 4.44. The summed E-state index contributed by atoms with van der Waals surface area (Å²) in [5.41, 5.74) is 0.658. The van der Waals surface area contributed by atoms with Crippen molar-refractivity contribution in [2.24, 2.45) is 0 Å². The van der Waals surface area contributed by atoms with Gasteiger partial charge in [-0.15, -0.1) is 0 Å². The van der Waals surface area contributed by atoms with Gasteiger partial charge in [-0.1, -0.05) is 30.3 Å². The lowest BCUT2D eigenvalue weighted by Crippen LogP contribution is -2.42. The molecule has 1 aromatic carbocycles. The number of nitrogens with one attached hydrogen (secondary N) is 2. The molecule has 0 saturated carbocycles. The van der Waals surface area contributed by atoms with Crippen molar-refractivity contribution >= 4 is 12.0 Å². The van der Waals surface area contributed by atoms with Gasteiger partial charge in [-0.05, 0) is 12.5 Å². The molecule has 0 aromatic heterocycles. The van der Waals surface area contributed by atoms with Gasteiger partial charge in [0.15, 0.2) is 0 Å². The monoisotopic (exact) mass is 280 g/mol. The maximum Gasteiger partial charge on any atom is 0.314 e. The van der Waals surface area contributed by atoms with Crippen molar-refractivity contribution in [1.29, 1.82) is 0 Å². The zero-order valence-electron chi connectivity index (χ0n) is 11.6. The number of carbonyl (C=O) groups excluding carboxylic acids is 1. The fraction of sp³-hybridized carbons (Fsp3) is 0.429. The third kappa shape index (κ3) is 5.27. The van der Waals surface area contributed by atoms with Crippen LogP contribution in [0.4, 0.5) is 4.79 Å². The van der Waals surface area contributed by atoms with E-state index in [4.69, 9.17) is 4.74 Å². The molecule has 0 aliphatic heterocycles. The van der Waals surface area contributed by atoms with Gasteiger partial charge >= 0.3 is 12.0 Å². The number of methoxy groups -OCH3 is 1. The van der Waals surface area contributed by atoms with Crippen LogP contribution in [0.2, 0.25) is 0 Å². The summed E-state index contributed by atoms with van der Waals surface area (Å²) >= 11 is 0. The maximum absolute atomic E-state index is 11.6. The fourth-order valence-electron chi connectivity index (χ4n) is 1.61. The predicted octanol–water partition coefficient (Wildman–Crippen LogP) is 1.19. The number of urea groups is 1. The van der Waals surface area contributed by atoms with Crippen molar-refractivity contribution in [3.05, 3.63) is 35.9 Å². The first-order valence-electron chi connectivity index (χ1n) is 6.36. The first-order chi connectivity index (χ1) is 9.54. The number of ether oxygens (including phenoxy) is 1. The summed E-state index contributed by atoms with van der Waals surface area (Å²) in [6, 6.07) is 8.40. The molecule has 0 fully saturated rings. The summed E-state index contributed by atoms with van der Waals surface area (Å²) in [5.74, 6) is -1.73. The predicted molar refractivity (Wildman–Crippen MR) is 74.7 cm³/mol.